The summed E-state index contributed by atoms with van der Waals surface area (Å²) in [6, 6.07) is 14.8. The van der Waals surface area contributed by atoms with Gasteiger partial charge in [0.15, 0.2) is 0 Å². The van der Waals surface area contributed by atoms with E-state index in [-0.39, 0.29) is 17.9 Å². The van der Waals surface area contributed by atoms with E-state index in [1.165, 1.54) is 5.56 Å². The Morgan fingerprint density at radius 3 is 2.54 bits per heavy atom. The van der Waals surface area contributed by atoms with Gasteiger partial charge in [-0.2, -0.15) is 0 Å². The fourth-order valence-corrected chi connectivity index (χ4v) is 3.52. The van der Waals surface area contributed by atoms with Crippen molar-refractivity contribution in [3.05, 3.63) is 65.2 Å². The second kappa shape index (κ2) is 8.04. The molecule has 26 heavy (non-hydrogen) atoms. The van der Waals surface area contributed by atoms with Gasteiger partial charge in [-0.25, -0.2) is 4.79 Å². The summed E-state index contributed by atoms with van der Waals surface area (Å²) in [7, 11) is 1.66. The van der Waals surface area contributed by atoms with Gasteiger partial charge in [0.2, 0.25) is 5.91 Å². The van der Waals surface area contributed by atoms with Gasteiger partial charge in [-0.3, -0.25) is 4.79 Å². The highest BCUT2D eigenvalue weighted by atomic mass is 16.5. The maximum atomic E-state index is 12.6. The van der Waals surface area contributed by atoms with E-state index < -0.39 is 5.97 Å². The van der Waals surface area contributed by atoms with Crippen LogP contribution in [0.2, 0.25) is 0 Å². The molecule has 1 saturated heterocycles. The number of carboxylic acids is 1. The van der Waals surface area contributed by atoms with Crippen molar-refractivity contribution in [1.82, 2.24) is 4.90 Å². The molecule has 1 aliphatic heterocycles. The molecule has 2 aromatic rings. The fraction of sp³-hybridized carbons (Fsp3) is 0.333. The molecule has 0 bridgehead atoms. The van der Waals surface area contributed by atoms with Crippen LogP contribution in [0.15, 0.2) is 48.5 Å². The Hall–Kier alpha value is -2.82. The number of carbonyl (C=O) groups is 2. The number of amides is 1. The largest absolute Gasteiger partial charge is 0.497 e. The third kappa shape index (κ3) is 4.04. The number of methoxy groups -OCH3 is 1. The zero-order valence-corrected chi connectivity index (χ0v) is 14.9. The maximum Gasteiger partial charge on any atom is 0.335 e. The average Bonchev–Trinajstić information content (AvgIpc) is 2.68. The van der Waals surface area contributed by atoms with E-state index in [1.54, 1.807) is 31.4 Å². The number of ether oxygens (including phenoxy) is 1. The van der Waals surface area contributed by atoms with Crippen molar-refractivity contribution in [3.63, 3.8) is 0 Å². The summed E-state index contributed by atoms with van der Waals surface area (Å²) in [6.45, 7) is 1.38. The number of aromatic carboxylic acids is 1. The number of carboxylic acid groups (broad SMARTS) is 1. The van der Waals surface area contributed by atoms with Crippen molar-refractivity contribution in [3.8, 4) is 5.75 Å². The van der Waals surface area contributed by atoms with Gasteiger partial charge in [0, 0.05) is 13.1 Å². The number of benzene rings is 2. The van der Waals surface area contributed by atoms with Gasteiger partial charge >= 0.3 is 5.97 Å². The van der Waals surface area contributed by atoms with Gasteiger partial charge < -0.3 is 14.7 Å². The molecule has 136 valence electrons. The number of likely N-dealkylation sites (tertiary alicyclic amines) is 1. The van der Waals surface area contributed by atoms with E-state index in [4.69, 9.17) is 4.74 Å². The van der Waals surface area contributed by atoms with Gasteiger partial charge in [0.25, 0.3) is 0 Å². The molecule has 0 aliphatic carbocycles. The Morgan fingerprint density at radius 2 is 1.85 bits per heavy atom. The lowest BCUT2D eigenvalue weighted by molar-refractivity contribution is -0.131. The number of rotatable bonds is 5. The van der Waals surface area contributed by atoms with Gasteiger partial charge in [0.1, 0.15) is 5.75 Å². The fourth-order valence-electron chi connectivity index (χ4n) is 3.52. The number of carbonyl (C=O) groups excluding carboxylic acids is 1. The topological polar surface area (TPSA) is 66.8 Å². The normalized spacial score (nSPS) is 14.9. The molecule has 5 heteroatoms. The highest BCUT2D eigenvalue weighted by Gasteiger charge is 2.25. The van der Waals surface area contributed by atoms with Crippen molar-refractivity contribution in [2.45, 2.75) is 25.2 Å². The molecule has 0 atom stereocenters. The minimum absolute atomic E-state index is 0.0113. The molecule has 0 aromatic heterocycles. The van der Waals surface area contributed by atoms with Crippen LogP contribution < -0.4 is 4.74 Å². The van der Waals surface area contributed by atoms with Crippen molar-refractivity contribution >= 4 is 11.9 Å². The van der Waals surface area contributed by atoms with Crippen LogP contribution in [0.25, 0.3) is 0 Å². The Morgan fingerprint density at radius 1 is 1.12 bits per heavy atom. The van der Waals surface area contributed by atoms with Gasteiger partial charge in [0.05, 0.1) is 19.1 Å². The first-order valence-electron chi connectivity index (χ1n) is 8.81. The molecule has 1 aliphatic rings. The molecule has 0 spiro atoms. The molecule has 1 amide bonds. The van der Waals surface area contributed by atoms with Crippen LogP contribution >= 0.6 is 0 Å². The van der Waals surface area contributed by atoms with E-state index in [0.29, 0.717) is 24.6 Å². The first-order chi connectivity index (χ1) is 12.6. The molecule has 0 unspecified atom stereocenters. The average molecular weight is 353 g/mol. The van der Waals surface area contributed by atoms with Crippen LogP contribution in [0.3, 0.4) is 0 Å². The molecule has 3 rings (SSSR count). The van der Waals surface area contributed by atoms with Crippen molar-refractivity contribution < 1.29 is 19.4 Å². The van der Waals surface area contributed by atoms with Crippen molar-refractivity contribution in [2.75, 3.05) is 20.2 Å². The molecular formula is C21H23NO4. The summed E-state index contributed by atoms with van der Waals surface area (Å²) in [5.41, 5.74) is 2.01. The molecule has 1 heterocycles. The zero-order valence-electron chi connectivity index (χ0n) is 14.9. The summed E-state index contributed by atoms with van der Waals surface area (Å²) in [6.07, 6.45) is 1.94. The predicted molar refractivity (Wildman–Crippen MR) is 98.7 cm³/mol. The van der Waals surface area contributed by atoms with Crippen molar-refractivity contribution in [2.24, 2.45) is 0 Å². The molecule has 2 aromatic carbocycles. The minimum atomic E-state index is -0.995. The van der Waals surface area contributed by atoms with Gasteiger partial charge in [-0.1, -0.05) is 30.3 Å². The lowest BCUT2D eigenvalue weighted by Crippen LogP contribution is -2.39. The van der Waals surface area contributed by atoms with Crippen LogP contribution in [-0.4, -0.2) is 42.1 Å². The SMILES string of the molecule is COc1cccc(C2CCN(C(=O)Cc3ccccc3C(=O)O)CC2)c1. The second-order valence-electron chi connectivity index (χ2n) is 6.57. The van der Waals surface area contributed by atoms with E-state index in [9.17, 15) is 14.7 Å². The molecule has 5 nitrogen and oxygen atoms in total. The first-order valence-corrected chi connectivity index (χ1v) is 8.81. The molecule has 1 N–H and O–H groups in total. The highest BCUT2D eigenvalue weighted by Crippen LogP contribution is 2.30. The third-order valence-corrected chi connectivity index (χ3v) is 5.00. The lowest BCUT2D eigenvalue weighted by Gasteiger charge is -2.32. The van der Waals surface area contributed by atoms with Gasteiger partial charge in [-0.05, 0) is 48.1 Å². The molecule has 0 radical (unpaired) electrons. The predicted octanol–water partition coefficient (Wildman–Crippen LogP) is 3.34. The van der Waals surface area contributed by atoms with E-state index in [1.807, 2.05) is 17.0 Å². The maximum absolute atomic E-state index is 12.6. The van der Waals surface area contributed by atoms with Crippen LogP contribution in [0, 0.1) is 0 Å². The molecule has 1 fully saturated rings. The standard InChI is InChI=1S/C21H23NO4/c1-26-18-7-4-6-16(13-18)15-9-11-22(12-10-15)20(23)14-17-5-2-3-8-19(17)21(24)25/h2-8,13,15H,9-12,14H2,1H3,(H,24,25). The summed E-state index contributed by atoms with van der Waals surface area (Å²) in [5.74, 6) is 0.264. The van der Waals surface area contributed by atoms with E-state index in [2.05, 4.69) is 12.1 Å². The Labute approximate surface area is 153 Å². The Kier molecular flexibility index (Phi) is 5.56. The lowest BCUT2D eigenvalue weighted by atomic mass is 9.89. The first kappa shape index (κ1) is 18.0. The van der Waals surface area contributed by atoms with Gasteiger partial charge in [-0.15, -0.1) is 0 Å². The van der Waals surface area contributed by atoms with E-state index in [0.717, 1.165) is 18.6 Å². The van der Waals surface area contributed by atoms with Crippen molar-refractivity contribution in [1.29, 1.82) is 0 Å². The highest BCUT2D eigenvalue weighted by molar-refractivity contribution is 5.91. The summed E-state index contributed by atoms with van der Waals surface area (Å²) < 4.78 is 5.29. The molecular weight excluding hydrogens is 330 g/mol. The second-order valence-corrected chi connectivity index (χ2v) is 6.57. The number of piperidine rings is 1. The monoisotopic (exact) mass is 353 g/mol. The molecule has 0 saturated carbocycles. The summed E-state index contributed by atoms with van der Waals surface area (Å²) >= 11 is 0. The van der Waals surface area contributed by atoms with E-state index >= 15 is 0 Å². The Balaban J connectivity index is 1.61. The third-order valence-electron chi connectivity index (χ3n) is 5.00. The number of hydrogen-bond donors (Lipinski definition) is 1. The number of hydrogen-bond acceptors (Lipinski definition) is 3. The summed E-state index contributed by atoms with van der Waals surface area (Å²) in [5, 5.41) is 9.26. The van der Waals surface area contributed by atoms with Crippen LogP contribution in [-0.2, 0) is 11.2 Å². The van der Waals surface area contributed by atoms with Crippen LogP contribution in [0.5, 0.6) is 5.75 Å². The number of nitrogens with zero attached hydrogens (tertiary/aromatic N) is 1. The zero-order chi connectivity index (χ0) is 18.5. The minimum Gasteiger partial charge on any atom is -0.497 e. The Bertz CT molecular complexity index is 794. The quantitative estimate of drug-likeness (QED) is 0.895. The smallest absolute Gasteiger partial charge is 0.335 e. The summed E-state index contributed by atoms with van der Waals surface area (Å²) in [4.78, 5) is 25.7. The van der Waals surface area contributed by atoms with Crippen LogP contribution in [0.4, 0.5) is 0 Å². The van der Waals surface area contributed by atoms with Crippen LogP contribution in [0.1, 0.15) is 40.2 Å².